The summed E-state index contributed by atoms with van der Waals surface area (Å²) in [5.41, 5.74) is 14.3. The molecular weight excluding hydrogens is 318 g/mol. The fraction of sp³-hybridized carbons (Fsp3) is 0.111. The second kappa shape index (κ2) is 7.06. The number of hydrogen-bond acceptors (Lipinski definition) is 4. The zero-order valence-corrected chi connectivity index (χ0v) is 13.5. The van der Waals surface area contributed by atoms with Crippen LogP contribution in [-0.4, -0.2) is 32.5 Å². The molecule has 0 radical (unpaired) electrons. The minimum atomic E-state index is -0.536. The number of H-pyrrole nitrogens is 2. The number of hydrogen-bond donors (Lipinski definition) is 5. The zero-order valence-electron chi connectivity index (χ0n) is 13.5. The standard InChI is InChI=1S/C10H12N2O.C8H7N3O/c11-4-3-7-6-12-10-2-1-8(13)5-9(7)10;9-7(12)8-10-5-3-1-2-4-6(5)11-8/h1-2,5-6,12-13H,3-4,11H2;1-4H,(H2,9,12)(H,10,11). The van der Waals surface area contributed by atoms with E-state index in [1.807, 2.05) is 36.5 Å². The second-order valence-electron chi connectivity index (χ2n) is 5.55. The number of aromatic hydroxyl groups is 1. The lowest BCUT2D eigenvalue weighted by atomic mass is 10.1. The first-order valence-corrected chi connectivity index (χ1v) is 7.82. The molecule has 0 spiro atoms. The lowest BCUT2D eigenvalue weighted by Crippen LogP contribution is -2.12. The summed E-state index contributed by atoms with van der Waals surface area (Å²) in [6, 6.07) is 12.7. The molecule has 7 nitrogen and oxygen atoms in total. The van der Waals surface area contributed by atoms with Crippen molar-refractivity contribution < 1.29 is 9.90 Å². The largest absolute Gasteiger partial charge is 0.508 e. The first kappa shape index (κ1) is 16.5. The van der Waals surface area contributed by atoms with E-state index in [1.54, 1.807) is 12.1 Å². The van der Waals surface area contributed by atoms with Gasteiger partial charge in [-0.05, 0) is 48.9 Å². The minimum Gasteiger partial charge on any atom is -0.508 e. The number of carbonyl (C=O) groups is 1. The molecule has 0 saturated carbocycles. The second-order valence-corrected chi connectivity index (χ2v) is 5.55. The van der Waals surface area contributed by atoms with E-state index in [2.05, 4.69) is 15.0 Å². The molecule has 2 aromatic heterocycles. The Morgan fingerprint density at radius 3 is 2.68 bits per heavy atom. The van der Waals surface area contributed by atoms with Crippen molar-refractivity contribution >= 4 is 27.8 Å². The summed E-state index contributed by atoms with van der Waals surface area (Å²) in [6.07, 6.45) is 2.78. The van der Waals surface area contributed by atoms with Gasteiger partial charge in [-0.3, -0.25) is 4.79 Å². The van der Waals surface area contributed by atoms with Crippen LogP contribution in [0.2, 0.25) is 0 Å². The summed E-state index contributed by atoms with van der Waals surface area (Å²) in [5, 5.41) is 10.4. The van der Waals surface area contributed by atoms with Crippen LogP contribution in [0.25, 0.3) is 21.9 Å². The van der Waals surface area contributed by atoms with Crippen LogP contribution in [0.5, 0.6) is 5.75 Å². The smallest absolute Gasteiger partial charge is 0.284 e. The molecule has 2 aromatic carbocycles. The van der Waals surface area contributed by atoms with E-state index in [4.69, 9.17) is 11.5 Å². The van der Waals surface area contributed by atoms with E-state index in [9.17, 15) is 9.90 Å². The van der Waals surface area contributed by atoms with E-state index >= 15 is 0 Å². The summed E-state index contributed by atoms with van der Waals surface area (Å²) in [7, 11) is 0. The van der Waals surface area contributed by atoms with Gasteiger partial charge in [0.05, 0.1) is 11.0 Å². The number of nitrogens with zero attached hydrogens (tertiary/aromatic N) is 1. The maximum Gasteiger partial charge on any atom is 0.284 e. The van der Waals surface area contributed by atoms with E-state index < -0.39 is 5.91 Å². The molecule has 0 aliphatic heterocycles. The lowest BCUT2D eigenvalue weighted by molar-refractivity contribution is 0.0991. The number of aromatic nitrogens is 3. The summed E-state index contributed by atoms with van der Waals surface area (Å²) < 4.78 is 0. The number of aromatic amines is 2. The maximum absolute atomic E-state index is 10.7. The highest BCUT2D eigenvalue weighted by atomic mass is 16.3. The van der Waals surface area contributed by atoms with Gasteiger partial charge in [0.2, 0.25) is 0 Å². The Bertz CT molecular complexity index is 986. The molecule has 0 fully saturated rings. The highest BCUT2D eigenvalue weighted by molar-refractivity contribution is 5.92. The Hall–Kier alpha value is -3.32. The molecule has 0 atom stereocenters. The van der Waals surface area contributed by atoms with Crippen LogP contribution in [0.1, 0.15) is 16.2 Å². The monoisotopic (exact) mass is 337 g/mol. The number of phenols is 1. The average Bonchev–Trinajstić information content (AvgIpc) is 3.20. The Kier molecular flexibility index (Phi) is 4.67. The minimum absolute atomic E-state index is 0.205. The normalized spacial score (nSPS) is 10.6. The molecule has 0 unspecified atom stereocenters. The van der Waals surface area contributed by atoms with Crippen molar-refractivity contribution in [1.82, 2.24) is 15.0 Å². The molecule has 2 heterocycles. The van der Waals surface area contributed by atoms with Crippen molar-refractivity contribution in [2.45, 2.75) is 6.42 Å². The molecule has 0 aliphatic rings. The predicted octanol–water partition coefficient (Wildman–Crippen LogP) is 2.04. The first-order chi connectivity index (χ1) is 12.1. The van der Waals surface area contributed by atoms with Gasteiger partial charge in [-0.2, -0.15) is 0 Å². The average molecular weight is 337 g/mol. The molecule has 128 valence electrons. The van der Waals surface area contributed by atoms with Gasteiger partial charge in [0.1, 0.15) is 5.75 Å². The quantitative estimate of drug-likeness (QED) is 0.391. The highest BCUT2D eigenvalue weighted by Gasteiger charge is 2.05. The van der Waals surface area contributed by atoms with Crippen LogP contribution in [0, 0.1) is 0 Å². The van der Waals surface area contributed by atoms with Gasteiger partial charge in [0.15, 0.2) is 5.82 Å². The molecule has 0 bridgehead atoms. The Labute approximate surface area is 143 Å². The Balaban J connectivity index is 0.000000146. The number of fused-ring (bicyclic) bond motifs is 2. The fourth-order valence-corrected chi connectivity index (χ4v) is 2.60. The zero-order chi connectivity index (χ0) is 17.8. The van der Waals surface area contributed by atoms with E-state index in [0.29, 0.717) is 12.3 Å². The number of amides is 1. The van der Waals surface area contributed by atoms with Crippen molar-refractivity contribution in [1.29, 1.82) is 0 Å². The maximum atomic E-state index is 10.7. The third-order valence-corrected chi connectivity index (χ3v) is 3.79. The Morgan fingerprint density at radius 2 is 1.96 bits per heavy atom. The first-order valence-electron chi connectivity index (χ1n) is 7.82. The molecule has 25 heavy (non-hydrogen) atoms. The molecule has 0 aliphatic carbocycles. The van der Waals surface area contributed by atoms with Gasteiger partial charge in [0.25, 0.3) is 5.91 Å². The van der Waals surface area contributed by atoms with Crippen molar-refractivity contribution in [2.75, 3.05) is 6.54 Å². The summed E-state index contributed by atoms with van der Waals surface area (Å²) in [6.45, 7) is 0.628. The summed E-state index contributed by atoms with van der Waals surface area (Å²) in [5.74, 6) is -0.0345. The fourth-order valence-electron chi connectivity index (χ4n) is 2.60. The summed E-state index contributed by atoms with van der Waals surface area (Å²) in [4.78, 5) is 20.6. The number of primary amides is 1. The van der Waals surface area contributed by atoms with E-state index in [1.165, 1.54) is 0 Å². The number of nitrogens with two attached hydrogens (primary N) is 2. The van der Waals surface area contributed by atoms with Gasteiger partial charge < -0.3 is 26.5 Å². The lowest BCUT2D eigenvalue weighted by Gasteiger charge is -1.96. The third-order valence-electron chi connectivity index (χ3n) is 3.79. The summed E-state index contributed by atoms with van der Waals surface area (Å²) >= 11 is 0. The number of benzene rings is 2. The molecule has 0 saturated heterocycles. The number of para-hydroxylation sites is 2. The predicted molar refractivity (Wildman–Crippen MR) is 97.3 cm³/mol. The molecule has 4 rings (SSSR count). The topological polar surface area (TPSA) is 134 Å². The van der Waals surface area contributed by atoms with Crippen molar-refractivity contribution in [2.24, 2.45) is 11.5 Å². The van der Waals surface area contributed by atoms with Crippen LogP contribution in [-0.2, 0) is 6.42 Å². The van der Waals surface area contributed by atoms with E-state index in [0.717, 1.165) is 33.9 Å². The van der Waals surface area contributed by atoms with Crippen LogP contribution >= 0.6 is 0 Å². The van der Waals surface area contributed by atoms with Crippen molar-refractivity contribution in [3.05, 3.63) is 60.0 Å². The van der Waals surface area contributed by atoms with Gasteiger partial charge in [0, 0.05) is 17.1 Å². The number of rotatable bonds is 3. The van der Waals surface area contributed by atoms with E-state index in [-0.39, 0.29) is 5.82 Å². The van der Waals surface area contributed by atoms with Crippen LogP contribution in [0.3, 0.4) is 0 Å². The molecule has 4 aromatic rings. The molecule has 7 N–H and O–H groups in total. The van der Waals surface area contributed by atoms with Gasteiger partial charge in [-0.1, -0.05) is 12.1 Å². The number of nitrogens with one attached hydrogen (secondary N) is 2. The van der Waals surface area contributed by atoms with Crippen molar-refractivity contribution in [3.63, 3.8) is 0 Å². The third kappa shape index (κ3) is 3.61. The van der Waals surface area contributed by atoms with Crippen LogP contribution in [0.4, 0.5) is 0 Å². The molecular formula is C18H19N5O2. The van der Waals surface area contributed by atoms with Crippen LogP contribution in [0.15, 0.2) is 48.7 Å². The van der Waals surface area contributed by atoms with Gasteiger partial charge >= 0.3 is 0 Å². The van der Waals surface area contributed by atoms with Gasteiger partial charge in [-0.15, -0.1) is 0 Å². The number of imidazole rings is 1. The van der Waals surface area contributed by atoms with Crippen LogP contribution < -0.4 is 11.5 Å². The SMILES string of the molecule is NC(=O)c1nc2ccccc2[nH]1.NCCc1c[nH]c2ccc(O)cc12. The van der Waals surface area contributed by atoms with Gasteiger partial charge in [-0.25, -0.2) is 4.98 Å². The molecule has 7 heteroatoms. The molecule has 1 amide bonds. The van der Waals surface area contributed by atoms with Crippen molar-refractivity contribution in [3.8, 4) is 5.75 Å². The Morgan fingerprint density at radius 1 is 1.16 bits per heavy atom. The highest BCUT2D eigenvalue weighted by Crippen LogP contribution is 2.22. The number of phenolic OH excluding ortho intramolecular Hbond substituents is 1. The number of carbonyl (C=O) groups excluding carboxylic acids is 1.